The highest BCUT2D eigenvalue weighted by molar-refractivity contribution is 6.50. The molecule has 2 aromatic heterocycles. The molecule has 0 unspecified atom stereocenters. The number of aryl methyl sites for hydroxylation is 1. The number of rotatable bonds is 3. The second kappa shape index (κ2) is 7.81. The highest BCUT2D eigenvalue weighted by Crippen LogP contribution is 2.38. The van der Waals surface area contributed by atoms with Gasteiger partial charge in [0, 0.05) is 61.3 Å². The Balaban J connectivity index is 1.62. The predicted octanol–water partition coefficient (Wildman–Crippen LogP) is 3.05. The summed E-state index contributed by atoms with van der Waals surface area (Å²) in [6.07, 6.45) is 1.92. The lowest BCUT2D eigenvalue weighted by molar-refractivity contribution is -0.122. The molecule has 1 fully saturated rings. The van der Waals surface area contributed by atoms with Gasteiger partial charge in [-0.1, -0.05) is 42.5 Å². The number of nitrogens with zero attached hydrogens (tertiary/aromatic N) is 4. The van der Waals surface area contributed by atoms with Crippen LogP contribution in [0.15, 0.2) is 60.8 Å². The number of imide groups is 1. The molecule has 0 atom stereocenters. The number of piperazine rings is 1. The van der Waals surface area contributed by atoms with E-state index in [9.17, 15) is 9.59 Å². The Morgan fingerprint density at radius 3 is 2.29 bits per heavy atom. The van der Waals surface area contributed by atoms with Crippen LogP contribution in [0.1, 0.15) is 11.3 Å². The summed E-state index contributed by atoms with van der Waals surface area (Å²) in [5, 5.41) is 5.33. The molecule has 0 spiro atoms. The van der Waals surface area contributed by atoms with Crippen LogP contribution in [-0.2, 0) is 16.6 Å². The maximum absolute atomic E-state index is 13.2. The van der Waals surface area contributed by atoms with Gasteiger partial charge in [-0.2, -0.15) is 0 Å². The fourth-order valence-electron chi connectivity index (χ4n) is 5.05. The third kappa shape index (κ3) is 3.20. The van der Waals surface area contributed by atoms with E-state index in [1.54, 1.807) is 0 Å². The van der Waals surface area contributed by atoms with Gasteiger partial charge in [-0.3, -0.25) is 14.9 Å². The Bertz CT molecular complexity index is 1510. The number of anilines is 1. The normalized spacial score (nSPS) is 17.3. The van der Waals surface area contributed by atoms with Crippen molar-refractivity contribution < 1.29 is 9.59 Å². The zero-order valence-electron chi connectivity index (χ0n) is 19.2. The third-order valence-corrected chi connectivity index (χ3v) is 6.89. The van der Waals surface area contributed by atoms with Gasteiger partial charge in [0.05, 0.1) is 16.8 Å². The Hall–Kier alpha value is -3.97. The highest BCUT2D eigenvalue weighted by atomic mass is 16.2. The van der Waals surface area contributed by atoms with Gasteiger partial charge in [0.1, 0.15) is 5.82 Å². The lowest BCUT2D eigenvalue weighted by atomic mass is 9.96. The van der Waals surface area contributed by atoms with E-state index in [0.29, 0.717) is 16.8 Å². The molecule has 2 aliphatic heterocycles. The van der Waals surface area contributed by atoms with Crippen LogP contribution in [0.25, 0.3) is 32.8 Å². The number of amides is 2. The van der Waals surface area contributed by atoms with Crippen LogP contribution in [0.3, 0.4) is 0 Å². The van der Waals surface area contributed by atoms with E-state index in [1.165, 1.54) is 0 Å². The number of para-hydroxylation sites is 1. The van der Waals surface area contributed by atoms with Gasteiger partial charge in [-0.15, -0.1) is 0 Å². The molecule has 170 valence electrons. The van der Waals surface area contributed by atoms with Gasteiger partial charge < -0.3 is 14.4 Å². The number of hydrogen-bond donors (Lipinski definition) is 1. The van der Waals surface area contributed by atoms with Crippen molar-refractivity contribution in [2.24, 2.45) is 7.05 Å². The van der Waals surface area contributed by atoms with E-state index in [-0.39, 0.29) is 5.91 Å². The number of pyridine rings is 1. The maximum atomic E-state index is 13.2. The Morgan fingerprint density at radius 2 is 1.50 bits per heavy atom. The summed E-state index contributed by atoms with van der Waals surface area (Å²) in [5.41, 5.74) is 3.02. The number of nitrogens with one attached hydrogen (secondary N) is 1. The van der Waals surface area contributed by atoms with E-state index in [4.69, 9.17) is 4.98 Å². The summed E-state index contributed by atoms with van der Waals surface area (Å²) < 4.78 is 1.98. The lowest BCUT2D eigenvalue weighted by Crippen LogP contribution is -2.44. The first-order chi connectivity index (χ1) is 16.5. The van der Waals surface area contributed by atoms with E-state index in [0.717, 1.165) is 59.2 Å². The summed E-state index contributed by atoms with van der Waals surface area (Å²) in [6, 6.07) is 17.9. The fraction of sp³-hybridized carbons (Fsp3) is 0.222. The average molecular weight is 452 g/mol. The van der Waals surface area contributed by atoms with Crippen LogP contribution >= 0.6 is 0 Å². The van der Waals surface area contributed by atoms with Crippen LogP contribution in [0, 0.1) is 0 Å². The molecular formula is C27H25N5O2. The van der Waals surface area contributed by atoms with Crippen molar-refractivity contribution in [3.05, 3.63) is 72.1 Å². The van der Waals surface area contributed by atoms with E-state index in [1.807, 2.05) is 66.3 Å². The topological polar surface area (TPSA) is 70.5 Å². The zero-order chi connectivity index (χ0) is 23.4. The third-order valence-electron chi connectivity index (χ3n) is 6.89. The van der Waals surface area contributed by atoms with Crippen molar-refractivity contribution in [1.29, 1.82) is 0 Å². The summed E-state index contributed by atoms with van der Waals surface area (Å²) in [4.78, 5) is 35.9. The highest BCUT2D eigenvalue weighted by Gasteiger charge is 2.35. The number of fused-ring (bicyclic) bond motifs is 2. The summed E-state index contributed by atoms with van der Waals surface area (Å²) in [7, 11) is 4.06. The van der Waals surface area contributed by atoms with Gasteiger partial charge >= 0.3 is 0 Å². The van der Waals surface area contributed by atoms with Gasteiger partial charge in [0.25, 0.3) is 11.8 Å². The number of carbonyl (C=O) groups is 2. The molecular weight excluding hydrogens is 426 g/mol. The molecule has 1 saturated heterocycles. The minimum Gasteiger partial charge on any atom is -0.354 e. The van der Waals surface area contributed by atoms with Crippen LogP contribution in [0.5, 0.6) is 0 Å². The molecule has 0 bridgehead atoms. The standard InChI is InChI=1S/C27H25N5O2/c1-30-11-13-32(14-12-30)22-15-17-7-3-4-8-18(17)25(28-22)24-23(26(33)29-27(24)34)20-16-31(2)21-10-6-5-9-19(20)21/h3-10,15-16H,11-14H2,1-2H3,(H,29,33,34). The largest absolute Gasteiger partial charge is 0.354 e. The Labute approximate surface area is 197 Å². The van der Waals surface area contributed by atoms with Crippen LogP contribution < -0.4 is 10.2 Å². The first kappa shape index (κ1) is 20.6. The van der Waals surface area contributed by atoms with Gasteiger partial charge in [-0.25, -0.2) is 4.98 Å². The van der Waals surface area contributed by atoms with Crippen molar-refractivity contribution in [2.45, 2.75) is 0 Å². The fourth-order valence-corrected chi connectivity index (χ4v) is 5.05. The smallest absolute Gasteiger partial charge is 0.261 e. The van der Waals surface area contributed by atoms with Crippen molar-refractivity contribution in [2.75, 3.05) is 38.1 Å². The van der Waals surface area contributed by atoms with Gasteiger partial charge in [0.15, 0.2) is 0 Å². The number of carbonyl (C=O) groups excluding carboxylic acids is 2. The number of likely N-dealkylation sites (N-methyl/N-ethyl adjacent to an activating group) is 1. The van der Waals surface area contributed by atoms with Crippen molar-refractivity contribution >= 4 is 50.5 Å². The molecule has 0 saturated carbocycles. The molecule has 0 radical (unpaired) electrons. The molecule has 7 heteroatoms. The Kier molecular flexibility index (Phi) is 4.74. The zero-order valence-corrected chi connectivity index (χ0v) is 19.2. The molecule has 6 rings (SSSR count). The minimum absolute atomic E-state index is 0.341. The SMILES string of the molecule is CN1CCN(c2cc3ccccc3c(C3=C(c4cn(C)c5ccccc45)C(=O)NC3=O)n2)CC1. The molecule has 4 heterocycles. The minimum atomic E-state index is -0.402. The van der Waals surface area contributed by atoms with Crippen LogP contribution in [0.2, 0.25) is 0 Å². The average Bonchev–Trinajstić information content (AvgIpc) is 3.33. The first-order valence-electron chi connectivity index (χ1n) is 11.5. The molecule has 7 nitrogen and oxygen atoms in total. The maximum Gasteiger partial charge on any atom is 0.261 e. The number of aromatic nitrogens is 2. The van der Waals surface area contributed by atoms with Gasteiger partial charge in [-0.05, 0) is 24.6 Å². The predicted molar refractivity (Wildman–Crippen MR) is 134 cm³/mol. The number of hydrogen-bond acceptors (Lipinski definition) is 5. The first-order valence-corrected chi connectivity index (χ1v) is 11.5. The quantitative estimate of drug-likeness (QED) is 0.485. The molecule has 0 aliphatic carbocycles. The van der Waals surface area contributed by atoms with Crippen LogP contribution in [-0.4, -0.2) is 59.5 Å². The van der Waals surface area contributed by atoms with Crippen LogP contribution in [0.4, 0.5) is 5.82 Å². The van der Waals surface area contributed by atoms with E-state index >= 15 is 0 Å². The molecule has 2 aromatic carbocycles. The summed E-state index contributed by atoms with van der Waals surface area (Å²) in [6.45, 7) is 3.63. The van der Waals surface area contributed by atoms with E-state index in [2.05, 4.69) is 28.2 Å². The molecule has 1 N–H and O–H groups in total. The van der Waals surface area contributed by atoms with Crippen molar-refractivity contribution in [3.63, 3.8) is 0 Å². The summed E-state index contributed by atoms with van der Waals surface area (Å²) >= 11 is 0. The molecule has 4 aromatic rings. The monoisotopic (exact) mass is 451 g/mol. The van der Waals surface area contributed by atoms with Crippen molar-refractivity contribution in [3.8, 4) is 0 Å². The van der Waals surface area contributed by atoms with Crippen molar-refractivity contribution in [1.82, 2.24) is 19.8 Å². The lowest BCUT2D eigenvalue weighted by Gasteiger charge is -2.33. The van der Waals surface area contributed by atoms with Gasteiger partial charge in [0.2, 0.25) is 0 Å². The summed E-state index contributed by atoms with van der Waals surface area (Å²) in [5.74, 6) is 0.0482. The molecule has 2 amide bonds. The second-order valence-corrected chi connectivity index (χ2v) is 9.04. The Morgan fingerprint density at radius 1 is 0.824 bits per heavy atom. The molecule has 2 aliphatic rings. The van der Waals surface area contributed by atoms with E-state index < -0.39 is 5.91 Å². The molecule has 34 heavy (non-hydrogen) atoms. The number of benzene rings is 2. The second-order valence-electron chi connectivity index (χ2n) is 9.04.